The summed E-state index contributed by atoms with van der Waals surface area (Å²) in [4.78, 5) is 29.3. The lowest BCUT2D eigenvalue weighted by Gasteiger charge is -2.25. The van der Waals surface area contributed by atoms with Gasteiger partial charge in [0.05, 0.1) is 30.7 Å². The molecule has 5 rings (SSSR count). The molecule has 3 aromatic carbocycles. The minimum atomic E-state index is -0.573. The Hall–Kier alpha value is -4.06. The van der Waals surface area contributed by atoms with Crippen molar-refractivity contribution < 1.29 is 18.7 Å². The van der Waals surface area contributed by atoms with Crippen molar-refractivity contribution >= 4 is 16.9 Å². The molecule has 0 radical (unpaired) electrons. The summed E-state index contributed by atoms with van der Waals surface area (Å²) in [5, 5.41) is 0.498. The Balaban J connectivity index is 1.65. The third-order valence-corrected chi connectivity index (χ3v) is 6.58. The van der Waals surface area contributed by atoms with Gasteiger partial charge in [0.2, 0.25) is 5.76 Å². The van der Waals surface area contributed by atoms with E-state index in [2.05, 4.69) is 6.92 Å². The predicted molar refractivity (Wildman–Crippen MR) is 139 cm³/mol. The van der Waals surface area contributed by atoms with Crippen molar-refractivity contribution in [2.24, 2.45) is 0 Å². The minimum absolute atomic E-state index is 0.115. The number of carbonyl (C=O) groups is 1. The van der Waals surface area contributed by atoms with E-state index in [9.17, 15) is 9.59 Å². The van der Waals surface area contributed by atoms with Gasteiger partial charge < -0.3 is 18.8 Å². The molecular formula is C30H29NO5. The zero-order valence-corrected chi connectivity index (χ0v) is 21.0. The number of rotatable bonds is 7. The monoisotopic (exact) mass is 483 g/mol. The molecule has 1 amide bonds. The number of hydrogen-bond acceptors (Lipinski definition) is 5. The number of hydrogen-bond donors (Lipinski definition) is 0. The number of fused-ring (bicyclic) bond motifs is 2. The number of ether oxygens (including phenoxy) is 2. The second-order valence-electron chi connectivity index (χ2n) is 9.23. The third kappa shape index (κ3) is 4.13. The van der Waals surface area contributed by atoms with Crippen molar-refractivity contribution in [1.29, 1.82) is 0 Å². The van der Waals surface area contributed by atoms with Crippen LogP contribution in [0.25, 0.3) is 11.0 Å². The summed E-state index contributed by atoms with van der Waals surface area (Å²) in [6.07, 6.45) is 0.912. The Morgan fingerprint density at radius 2 is 1.64 bits per heavy atom. The normalized spacial score (nSPS) is 14.8. The van der Waals surface area contributed by atoms with Crippen LogP contribution in [0.5, 0.6) is 11.5 Å². The van der Waals surface area contributed by atoms with Gasteiger partial charge in [0.15, 0.2) is 5.43 Å². The Labute approximate surface area is 210 Å². The van der Waals surface area contributed by atoms with Crippen molar-refractivity contribution in [2.45, 2.75) is 39.8 Å². The molecule has 0 saturated carbocycles. The SMILES string of the molecule is CCCOc1ccc(C2c3c(oc4c(C)cc(C)cc4c3=O)C(=O)N2Cc2ccc(OC)cc2)cc1. The number of aryl methyl sites for hydroxylation is 2. The van der Waals surface area contributed by atoms with E-state index in [1.54, 1.807) is 12.0 Å². The lowest BCUT2D eigenvalue weighted by atomic mass is 9.97. The van der Waals surface area contributed by atoms with E-state index in [0.717, 1.165) is 40.2 Å². The lowest BCUT2D eigenvalue weighted by molar-refractivity contribution is 0.0714. The molecule has 0 saturated heterocycles. The molecule has 1 aromatic heterocycles. The fourth-order valence-corrected chi connectivity index (χ4v) is 4.88. The van der Waals surface area contributed by atoms with Crippen LogP contribution in [0.4, 0.5) is 0 Å². The second kappa shape index (κ2) is 9.53. The first-order valence-corrected chi connectivity index (χ1v) is 12.2. The quantitative estimate of drug-likeness (QED) is 0.325. The number of benzene rings is 3. The van der Waals surface area contributed by atoms with Crippen molar-refractivity contribution in [1.82, 2.24) is 4.90 Å². The summed E-state index contributed by atoms with van der Waals surface area (Å²) in [5.41, 5.74) is 4.24. The first-order chi connectivity index (χ1) is 17.4. The summed E-state index contributed by atoms with van der Waals surface area (Å²) >= 11 is 0. The van der Waals surface area contributed by atoms with E-state index < -0.39 is 6.04 Å². The smallest absolute Gasteiger partial charge is 0.291 e. The van der Waals surface area contributed by atoms with E-state index >= 15 is 0 Å². The van der Waals surface area contributed by atoms with Gasteiger partial charge in [-0.15, -0.1) is 0 Å². The first-order valence-electron chi connectivity index (χ1n) is 12.2. The molecule has 2 heterocycles. The van der Waals surface area contributed by atoms with Gasteiger partial charge in [-0.2, -0.15) is 0 Å². The highest BCUT2D eigenvalue weighted by atomic mass is 16.5. The van der Waals surface area contributed by atoms with E-state index in [4.69, 9.17) is 13.9 Å². The first kappa shape index (κ1) is 23.7. The molecular weight excluding hydrogens is 454 g/mol. The highest BCUT2D eigenvalue weighted by Gasteiger charge is 2.42. The van der Waals surface area contributed by atoms with Crippen molar-refractivity contribution in [2.75, 3.05) is 13.7 Å². The molecule has 184 valence electrons. The number of methoxy groups -OCH3 is 1. The number of amides is 1. The Morgan fingerprint density at radius 3 is 2.31 bits per heavy atom. The molecule has 0 fully saturated rings. The molecule has 1 atom stereocenters. The van der Waals surface area contributed by atoms with Gasteiger partial charge in [-0.05, 0) is 72.9 Å². The highest BCUT2D eigenvalue weighted by Crippen LogP contribution is 2.40. The molecule has 1 unspecified atom stereocenters. The zero-order chi connectivity index (χ0) is 25.4. The second-order valence-corrected chi connectivity index (χ2v) is 9.23. The molecule has 0 bridgehead atoms. The van der Waals surface area contributed by atoms with Gasteiger partial charge in [0.25, 0.3) is 5.91 Å². The maximum atomic E-state index is 13.9. The van der Waals surface area contributed by atoms with Crippen LogP contribution in [0.15, 0.2) is 69.9 Å². The average Bonchev–Trinajstić information content (AvgIpc) is 3.16. The van der Waals surface area contributed by atoms with E-state index in [1.165, 1.54) is 0 Å². The predicted octanol–water partition coefficient (Wildman–Crippen LogP) is 5.95. The van der Waals surface area contributed by atoms with Gasteiger partial charge >= 0.3 is 0 Å². The average molecular weight is 484 g/mol. The molecule has 0 aliphatic carbocycles. The van der Waals surface area contributed by atoms with Crippen molar-refractivity contribution in [3.05, 3.63) is 104 Å². The van der Waals surface area contributed by atoms with Crippen molar-refractivity contribution in [3.63, 3.8) is 0 Å². The standard InChI is InChI=1S/C30H29NO5/c1-5-14-35-23-12-8-21(9-13-23)26-25-27(32)24-16-18(2)15-19(3)28(24)36-29(25)30(33)31(26)17-20-6-10-22(34-4)11-7-20/h6-13,15-16,26H,5,14,17H2,1-4H3. The Bertz CT molecular complexity index is 1490. The van der Waals surface area contributed by atoms with Gasteiger partial charge in [-0.25, -0.2) is 0 Å². The van der Waals surface area contributed by atoms with Gasteiger partial charge in [0, 0.05) is 6.54 Å². The van der Waals surface area contributed by atoms with Crippen molar-refractivity contribution in [3.8, 4) is 11.5 Å². The molecule has 1 aliphatic heterocycles. The van der Waals surface area contributed by atoms with Gasteiger partial charge in [0.1, 0.15) is 17.1 Å². The number of carbonyl (C=O) groups excluding carboxylic acids is 1. The van der Waals surface area contributed by atoms with E-state index in [0.29, 0.717) is 29.7 Å². The molecule has 36 heavy (non-hydrogen) atoms. The Morgan fingerprint density at radius 1 is 0.944 bits per heavy atom. The Kier molecular flexibility index (Phi) is 6.27. The summed E-state index contributed by atoms with van der Waals surface area (Å²) < 4.78 is 17.2. The fraction of sp³-hybridized carbons (Fsp3) is 0.267. The highest BCUT2D eigenvalue weighted by molar-refractivity contribution is 5.99. The molecule has 0 spiro atoms. The van der Waals surface area contributed by atoms with Crippen LogP contribution in [-0.2, 0) is 6.54 Å². The molecule has 4 aromatic rings. The molecule has 6 heteroatoms. The van der Waals surface area contributed by atoms with E-state index in [1.807, 2.05) is 74.5 Å². The molecule has 1 aliphatic rings. The van der Waals surface area contributed by atoms with Gasteiger partial charge in [-0.1, -0.05) is 37.3 Å². The fourth-order valence-electron chi connectivity index (χ4n) is 4.88. The minimum Gasteiger partial charge on any atom is -0.497 e. The third-order valence-electron chi connectivity index (χ3n) is 6.58. The van der Waals surface area contributed by atoms with E-state index in [-0.39, 0.29) is 17.1 Å². The summed E-state index contributed by atoms with van der Waals surface area (Å²) in [7, 11) is 1.62. The van der Waals surface area contributed by atoms with Crippen LogP contribution in [-0.4, -0.2) is 24.5 Å². The summed E-state index contributed by atoms with van der Waals surface area (Å²) in [5.74, 6) is 1.31. The lowest BCUT2D eigenvalue weighted by Crippen LogP contribution is -2.29. The van der Waals surface area contributed by atoms with Crippen LogP contribution >= 0.6 is 0 Å². The summed E-state index contributed by atoms with van der Waals surface area (Å²) in [6, 6.07) is 18.4. The molecule has 0 N–H and O–H groups in total. The largest absolute Gasteiger partial charge is 0.497 e. The van der Waals surface area contributed by atoms with Crippen LogP contribution in [0.3, 0.4) is 0 Å². The zero-order valence-electron chi connectivity index (χ0n) is 21.0. The topological polar surface area (TPSA) is 69.0 Å². The van der Waals surface area contributed by atoms with Crippen LogP contribution in [0.2, 0.25) is 0 Å². The number of nitrogens with zero attached hydrogens (tertiary/aromatic N) is 1. The van der Waals surface area contributed by atoms with Crippen LogP contribution in [0.1, 0.15) is 57.8 Å². The summed E-state index contributed by atoms with van der Waals surface area (Å²) in [6.45, 7) is 6.85. The van der Waals surface area contributed by atoms with Gasteiger partial charge in [-0.3, -0.25) is 9.59 Å². The van der Waals surface area contributed by atoms with Crippen LogP contribution in [0, 0.1) is 13.8 Å². The van der Waals surface area contributed by atoms with Crippen LogP contribution < -0.4 is 14.9 Å². The molecule has 6 nitrogen and oxygen atoms in total. The maximum absolute atomic E-state index is 13.9. The maximum Gasteiger partial charge on any atom is 0.291 e.